The number of hydrogen-bond acceptors (Lipinski definition) is 5. The Bertz CT molecular complexity index is 1440. The highest BCUT2D eigenvalue weighted by molar-refractivity contribution is 5.96. The number of carboxylic acids is 1. The smallest absolute Gasteiger partial charge is 0.305 e. The van der Waals surface area contributed by atoms with Gasteiger partial charge in [0.1, 0.15) is 17.2 Å². The second kappa shape index (κ2) is 11.0. The topological polar surface area (TPSA) is 109 Å². The quantitative estimate of drug-likeness (QED) is 0.271. The summed E-state index contributed by atoms with van der Waals surface area (Å²) in [5.41, 5.74) is 5.87. The molecule has 3 N–H and O–H groups in total. The highest BCUT2D eigenvalue weighted by atomic mass is 16.4. The number of pyridine rings is 2. The number of benzene rings is 1. The molecule has 4 aromatic rings. The minimum atomic E-state index is -0.895. The third-order valence-corrected chi connectivity index (χ3v) is 7.48. The number of imidazole rings is 1. The van der Waals surface area contributed by atoms with E-state index in [-0.39, 0.29) is 24.3 Å². The van der Waals surface area contributed by atoms with Crippen LogP contribution in [0.3, 0.4) is 0 Å². The Morgan fingerprint density at radius 3 is 2.53 bits per heavy atom. The molecule has 0 bridgehead atoms. The summed E-state index contributed by atoms with van der Waals surface area (Å²) in [6.45, 7) is 4.12. The number of aryl methyl sites for hydroxylation is 2. The zero-order valence-electron chi connectivity index (χ0n) is 21.8. The molecule has 8 heteroatoms. The van der Waals surface area contributed by atoms with E-state index in [2.05, 4.69) is 41.6 Å². The van der Waals surface area contributed by atoms with Crippen LogP contribution >= 0.6 is 0 Å². The van der Waals surface area contributed by atoms with Crippen LogP contribution in [0.4, 0.5) is 11.5 Å². The van der Waals surface area contributed by atoms with Crippen molar-refractivity contribution < 1.29 is 14.7 Å². The molecule has 1 amide bonds. The second-order valence-corrected chi connectivity index (χ2v) is 10.2. The molecule has 3 aromatic heterocycles. The third-order valence-electron chi connectivity index (χ3n) is 7.48. The van der Waals surface area contributed by atoms with Crippen LogP contribution in [-0.2, 0) is 4.79 Å². The Balaban J connectivity index is 1.50. The molecular formula is C30H33N5O3. The summed E-state index contributed by atoms with van der Waals surface area (Å²) in [5, 5.41) is 16.1. The van der Waals surface area contributed by atoms with Crippen LogP contribution < -0.4 is 10.6 Å². The molecule has 1 saturated carbocycles. The number of hydrogen-bond donors (Lipinski definition) is 3. The monoisotopic (exact) mass is 511 g/mol. The van der Waals surface area contributed by atoms with E-state index < -0.39 is 5.97 Å². The molecule has 0 saturated heterocycles. The molecule has 0 radical (unpaired) electrons. The molecule has 1 aromatic carbocycles. The minimum absolute atomic E-state index is 0.0724. The first-order valence-electron chi connectivity index (χ1n) is 13.2. The number of fused-ring (bicyclic) bond motifs is 1. The van der Waals surface area contributed by atoms with Gasteiger partial charge in [0.2, 0.25) is 0 Å². The predicted octanol–water partition coefficient (Wildman–Crippen LogP) is 5.91. The van der Waals surface area contributed by atoms with Gasteiger partial charge in [-0.2, -0.15) is 0 Å². The molecule has 1 aliphatic carbocycles. The van der Waals surface area contributed by atoms with Crippen LogP contribution in [-0.4, -0.2) is 37.4 Å². The number of anilines is 2. The predicted molar refractivity (Wildman–Crippen MR) is 148 cm³/mol. The zero-order valence-corrected chi connectivity index (χ0v) is 21.8. The molecular weight excluding hydrogens is 478 g/mol. The van der Waals surface area contributed by atoms with E-state index in [0.717, 1.165) is 59.6 Å². The van der Waals surface area contributed by atoms with Gasteiger partial charge in [0.05, 0.1) is 6.42 Å². The van der Waals surface area contributed by atoms with Crippen molar-refractivity contribution in [1.82, 2.24) is 19.7 Å². The van der Waals surface area contributed by atoms with Crippen molar-refractivity contribution in [3.63, 3.8) is 0 Å². The van der Waals surface area contributed by atoms with Crippen molar-refractivity contribution >= 4 is 29.0 Å². The van der Waals surface area contributed by atoms with E-state index in [1.807, 2.05) is 28.8 Å². The summed E-state index contributed by atoms with van der Waals surface area (Å²) in [6, 6.07) is 13.1. The summed E-state index contributed by atoms with van der Waals surface area (Å²) in [7, 11) is 0. The minimum Gasteiger partial charge on any atom is -0.481 e. The Kier molecular flexibility index (Phi) is 7.40. The van der Waals surface area contributed by atoms with Crippen molar-refractivity contribution in [3.8, 4) is 11.3 Å². The first-order chi connectivity index (χ1) is 18.4. The van der Waals surface area contributed by atoms with Gasteiger partial charge in [-0.15, -0.1) is 0 Å². The number of aromatic nitrogens is 3. The number of carbonyl (C=O) groups is 2. The van der Waals surface area contributed by atoms with Crippen LogP contribution in [0.1, 0.15) is 60.0 Å². The summed E-state index contributed by atoms with van der Waals surface area (Å²) in [6.07, 6.45) is 10.5. The van der Waals surface area contributed by atoms with Gasteiger partial charge in [-0.1, -0.05) is 37.5 Å². The highest BCUT2D eigenvalue weighted by Crippen LogP contribution is 2.33. The summed E-state index contributed by atoms with van der Waals surface area (Å²) in [5.74, 6) is -0.208. The number of carboxylic acid groups (broad SMARTS) is 1. The average Bonchev–Trinajstić information content (AvgIpc) is 3.28. The molecule has 3 heterocycles. The van der Waals surface area contributed by atoms with E-state index in [9.17, 15) is 14.7 Å². The number of carbonyl (C=O) groups excluding carboxylic acids is 1. The molecule has 196 valence electrons. The fourth-order valence-electron chi connectivity index (χ4n) is 5.45. The lowest BCUT2D eigenvalue weighted by Gasteiger charge is -2.30. The van der Waals surface area contributed by atoms with E-state index in [0.29, 0.717) is 11.2 Å². The van der Waals surface area contributed by atoms with Gasteiger partial charge in [-0.3, -0.25) is 19.0 Å². The molecule has 1 atom stereocenters. The lowest BCUT2D eigenvalue weighted by molar-refractivity contribution is -0.137. The Hall–Kier alpha value is -4.20. The average molecular weight is 512 g/mol. The van der Waals surface area contributed by atoms with Crippen molar-refractivity contribution in [2.75, 3.05) is 5.32 Å². The molecule has 5 rings (SSSR count). The summed E-state index contributed by atoms with van der Waals surface area (Å²) >= 11 is 0. The first-order valence-corrected chi connectivity index (χ1v) is 13.2. The Morgan fingerprint density at radius 1 is 1.08 bits per heavy atom. The largest absolute Gasteiger partial charge is 0.481 e. The van der Waals surface area contributed by atoms with Gasteiger partial charge < -0.3 is 15.7 Å². The molecule has 1 fully saturated rings. The molecule has 8 nitrogen and oxygen atoms in total. The maximum Gasteiger partial charge on any atom is 0.305 e. The van der Waals surface area contributed by atoms with E-state index in [4.69, 9.17) is 4.98 Å². The Labute approximate surface area is 222 Å². The van der Waals surface area contributed by atoms with Crippen molar-refractivity contribution in [2.24, 2.45) is 5.92 Å². The van der Waals surface area contributed by atoms with Crippen LogP contribution in [0.15, 0.2) is 61.1 Å². The summed E-state index contributed by atoms with van der Waals surface area (Å²) < 4.78 is 1.93. The van der Waals surface area contributed by atoms with Gasteiger partial charge in [0.25, 0.3) is 5.91 Å². The molecule has 0 aliphatic heterocycles. The van der Waals surface area contributed by atoms with Gasteiger partial charge >= 0.3 is 5.97 Å². The fourth-order valence-corrected chi connectivity index (χ4v) is 5.45. The number of amides is 1. The summed E-state index contributed by atoms with van der Waals surface area (Å²) in [4.78, 5) is 34.0. The van der Waals surface area contributed by atoms with E-state index in [1.54, 1.807) is 24.5 Å². The standard InChI is InChI=1S/C30H33N5O3/c1-19-8-6-9-20(2)27(19)34-29-28(23-12-7-14-31-18-23)33-25-16-22(13-15-35(25)29)30(38)32-24(17-26(36)37)21-10-4-3-5-11-21/h6-9,12-16,18,21,24,34H,3-5,10-11,17H2,1-2H3,(H,32,38)(H,36,37). The van der Waals surface area contributed by atoms with Gasteiger partial charge in [0, 0.05) is 41.4 Å². The molecule has 0 spiro atoms. The second-order valence-electron chi connectivity index (χ2n) is 10.2. The zero-order chi connectivity index (χ0) is 26.6. The van der Waals surface area contributed by atoms with Crippen molar-refractivity contribution in [3.05, 3.63) is 77.7 Å². The molecule has 1 unspecified atom stereocenters. The number of nitrogens with zero attached hydrogens (tertiary/aromatic N) is 3. The number of rotatable bonds is 8. The van der Waals surface area contributed by atoms with Crippen LogP contribution in [0.5, 0.6) is 0 Å². The van der Waals surface area contributed by atoms with Gasteiger partial charge in [-0.05, 0) is 68.0 Å². The Morgan fingerprint density at radius 2 is 1.84 bits per heavy atom. The lowest BCUT2D eigenvalue weighted by atomic mass is 9.82. The van der Waals surface area contributed by atoms with Gasteiger partial charge in [-0.25, -0.2) is 4.98 Å². The van der Waals surface area contributed by atoms with Crippen molar-refractivity contribution in [1.29, 1.82) is 0 Å². The lowest BCUT2D eigenvalue weighted by Crippen LogP contribution is -2.42. The normalized spacial score (nSPS) is 14.8. The fraction of sp³-hybridized carbons (Fsp3) is 0.333. The van der Waals surface area contributed by atoms with Crippen LogP contribution in [0.2, 0.25) is 0 Å². The number of aliphatic carboxylic acids is 1. The maximum absolute atomic E-state index is 13.3. The molecule has 1 aliphatic rings. The van der Waals surface area contributed by atoms with E-state index in [1.165, 1.54) is 6.42 Å². The first kappa shape index (κ1) is 25.4. The third kappa shape index (κ3) is 5.39. The van der Waals surface area contributed by atoms with Crippen LogP contribution in [0, 0.1) is 19.8 Å². The van der Waals surface area contributed by atoms with E-state index >= 15 is 0 Å². The highest BCUT2D eigenvalue weighted by Gasteiger charge is 2.28. The SMILES string of the molecule is Cc1cccc(C)c1Nc1c(-c2cccnc2)nc2cc(C(=O)NC(CC(=O)O)C3CCCCC3)ccn12. The molecule has 38 heavy (non-hydrogen) atoms. The maximum atomic E-state index is 13.3. The van der Waals surface area contributed by atoms with Crippen molar-refractivity contribution in [2.45, 2.75) is 58.4 Å². The number of para-hydroxylation sites is 1. The van der Waals surface area contributed by atoms with Gasteiger partial charge in [0.15, 0.2) is 0 Å². The van der Waals surface area contributed by atoms with Crippen LogP contribution in [0.25, 0.3) is 16.9 Å². The number of nitrogens with one attached hydrogen (secondary N) is 2.